The summed E-state index contributed by atoms with van der Waals surface area (Å²) < 4.78 is 19.3. The van der Waals surface area contributed by atoms with Gasteiger partial charge in [-0.3, -0.25) is 4.99 Å². The fraction of sp³-hybridized carbons (Fsp3) is 0.333. The van der Waals surface area contributed by atoms with Crippen molar-refractivity contribution in [2.24, 2.45) is 4.99 Å². The van der Waals surface area contributed by atoms with Crippen LogP contribution in [0.3, 0.4) is 0 Å². The Morgan fingerprint density at radius 1 is 1.15 bits per heavy atom. The number of hydrogen-bond acceptors (Lipinski definition) is 4. The van der Waals surface area contributed by atoms with E-state index in [0.29, 0.717) is 16.9 Å². The molecular formula is C21H23FN2O2. The van der Waals surface area contributed by atoms with E-state index in [9.17, 15) is 9.18 Å². The molecule has 1 saturated heterocycles. The lowest BCUT2D eigenvalue weighted by atomic mass is 10.1. The molecule has 0 atom stereocenters. The van der Waals surface area contributed by atoms with Crippen LogP contribution in [0.4, 0.5) is 15.8 Å². The van der Waals surface area contributed by atoms with E-state index in [2.05, 4.69) is 9.89 Å². The first-order valence-corrected chi connectivity index (χ1v) is 8.77. The molecule has 0 aliphatic carbocycles. The van der Waals surface area contributed by atoms with Crippen LogP contribution in [0.25, 0.3) is 0 Å². The Morgan fingerprint density at radius 2 is 1.88 bits per heavy atom. The number of carbonyl (C=O) groups is 1. The van der Waals surface area contributed by atoms with E-state index in [1.165, 1.54) is 13.2 Å². The number of aliphatic imine (C=N–C) groups is 1. The molecule has 3 rings (SSSR count). The molecule has 0 N–H and O–H groups in total. The van der Waals surface area contributed by atoms with Gasteiger partial charge in [0.1, 0.15) is 5.82 Å². The monoisotopic (exact) mass is 354 g/mol. The SMILES string of the molecule is COC(=O)c1ccc(C)c(N=Cc2cc(F)c(N3CCCC3)cc2C)c1. The molecule has 0 saturated carbocycles. The largest absolute Gasteiger partial charge is 0.465 e. The Kier molecular flexibility index (Phi) is 5.35. The minimum Gasteiger partial charge on any atom is -0.465 e. The number of rotatable bonds is 4. The molecule has 2 aromatic rings. The average molecular weight is 354 g/mol. The summed E-state index contributed by atoms with van der Waals surface area (Å²) in [6.07, 6.45) is 3.87. The minimum atomic E-state index is -0.404. The van der Waals surface area contributed by atoms with Gasteiger partial charge in [-0.05, 0) is 67.6 Å². The molecule has 1 aliphatic rings. The zero-order valence-corrected chi connectivity index (χ0v) is 15.4. The van der Waals surface area contributed by atoms with Gasteiger partial charge >= 0.3 is 5.97 Å². The molecule has 4 nitrogen and oxygen atoms in total. The fourth-order valence-corrected chi connectivity index (χ4v) is 3.15. The van der Waals surface area contributed by atoms with Crippen LogP contribution in [0.2, 0.25) is 0 Å². The van der Waals surface area contributed by atoms with Crippen molar-refractivity contribution >= 4 is 23.6 Å². The first-order chi connectivity index (χ1) is 12.5. The van der Waals surface area contributed by atoms with Crippen LogP contribution < -0.4 is 4.90 Å². The van der Waals surface area contributed by atoms with Gasteiger partial charge in [0.05, 0.1) is 24.0 Å². The highest BCUT2D eigenvalue weighted by molar-refractivity contribution is 5.91. The van der Waals surface area contributed by atoms with Crippen molar-refractivity contribution in [1.82, 2.24) is 0 Å². The van der Waals surface area contributed by atoms with E-state index in [4.69, 9.17) is 4.74 Å². The topological polar surface area (TPSA) is 41.9 Å². The van der Waals surface area contributed by atoms with Crippen molar-refractivity contribution < 1.29 is 13.9 Å². The van der Waals surface area contributed by atoms with Crippen LogP contribution in [0.15, 0.2) is 35.3 Å². The number of nitrogens with zero attached hydrogens (tertiary/aromatic N) is 2. The molecule has 0 unspecified atom stereocenters. The fourth-order valence-electron chi connectivity index (χ4n) is 3.15. The van der Waals surface area contributed by atoms with Crippen molar-refractivity contribution in [3.63, 3.8) is 0 Å². The molecule has 136 valence electrons. The number of benzene rings is 2. The van der Waals surface area contributed by atoms with E-state index in [0.717, 1.165) is 42.6 Å². The molecule has 2 aromatic carbocycles. The molecule has 0 radical (unpaired) electrons. The molecule has 0 bridgehead atoms. The number of halogens is 1. The predicted octanol–water partition coefficient (Wildman–Crippen LogP) is 4.58. The lowest BCUT2D eigenvalue weighted by Crippen LogP contribution is -2.19. The van der Waals surface area contributed by atoms with E-state index in [1.54, 1.807) is 18.3 Å². The van der Waals surface area contributed by atoms with E-state index in [-0.39, 0.29) is 5.82 Å². The van der Waals surface area contributed by atoms with Gasteiger partial charge in [-0.1, -0.05) is 6.07 Å². The molecule has 0 amide bonds. The highest BCUT2D eigenvalue weighted by Crippen LogP contribution is 2.27. The van der Waals surface area contributed by atoms with Gasteiger partial charge in [-0.15, -0.1) is 0 Å². The number of anilines is 1. The number of aryl methyl sites for hydroxylation is 2. The summed E-state index contributed by atoms with van der Waals surface area (Å²) >= 11 is 0. The summed E-state index contributed by atoms with van der Waals surface area (Å²) in [4.78, 5) is 18.2. The summed E-state index contributed by atoms with van der Waals surface area (Å²) in [6, 6.07) is 8.63. The van der Waals surface area contributed by atoms with Gasteiger partial charge in [0.15, 0.2) is 0 Å². The maximum Gasteiger partial charge on any atom is 0.337 e. The van der Waals surface area contributed by atoms with Crippen LogP contribution in [-0.2, 0) is 4.74 Å². The number of carbonyl (C=O) groups excluding carboxylic acids is 1. The first-order valence-electron chi connectivity index (χ1n) is 8.77. The Balaban J connectivity index is 1.89. The Labute approximate surface area is 153 Å². The normalized spacial score (nSPS) is 14.2. The van der Waals surface area contributed by atoms with Gasteiger partial charge < -0.3 is 9.64 Å². The highest BCUT2D eigenvalue weighted by atomic mass is 19.1. The molecule has 0 spiro atoms. The molecule has 26 heavy (non-hydrogen) atoms. The van der Waals surface area contributed by atoms with Gasteiger partial charge in [-0.25, -0.2) is 9.18 Å². The third kappa shape index (κ3) is 3.77. The molecule has 5 heteroatoms. The van der Waals surface area contributed by atoms with Gasteiger partial charge in [-0.2, -0.15) is 0 Å². The van der Waals surface area contributed by atoms with Crippen molar-refractivity contribution in [1.29, 1.82) is 0 Å². The second-order valence-corrected chi connectivity index (χ2v) is 6.61. The van der Waals surface area contributed by atoms with E-state index >= 15 is 0 Å². The first kappa shape index (κ1) is 18.1. The molecule has 1 heterocycles. The lowest BCUT2D eigenvalue weighted by molar-refractivity contribution is 0.0601. The summed E-state index contributed by atoms with van der Waals surface area (Å²) in [6.45, 7) is 5.68. The van der Waals surface area contributed by atoms with Crippen LogP contribution in [0.1, 0.15) is 39.9 Å². The average Bonchev–Trinajstić information content (AvgIpc) is 3.17. The van der Waals surface area contributed by atoms with Crippen molar-refractivity contribution in [3.05, 3.63) is 58.4 Å². The second-order valence-electron chi connectivity index (χ2n) is 6.61. The third-order valence-electron chi connectivity index (χ3n) is 4.76. The summed E-state index contributed by atoms with van der Waals surface area (Å²) in [5.74, 6) is -0.627. The third-order valence-corrected chi connectivity index (χ3v) is 4.76. The number of hydrogen-bond donors (Lipinski definition) is 0. The zero-order valence-electron chi connectivity index (χ0n) is 15.4. The summed E-state index contributed by atoms with van der Waals surface area (Å²) in [7, 11) is 1.35. The molecule has 1 fully saturated rings. The Morgan fingerprint density at radius 3 is 2.58 bits per heavy atom. The second kappa shape index (κ2) is 7.68. The van der Waals surface area contributed by atoms with Gasteiger partial charge in [0.2, 0.25) is 0 Å². The summed E-state index contributed by atoms with van der Waals surface area (Å²) in [5, 5.41) is 0. The highest BCUT2D eigenvalue weighted by Gasteiger charge is 2.17. The van der Waals surface area contributed by atoms with Crippen LogP contribution >= 0.6 is 0 Å². The van der Waals surface area contributed by atoms with E-state index < -0.39 is 5.97 Å². The summed E-state index contributed by atoms with van der Waals surface area (Å²) in [5.41, 5.74) is 4.41. The smallest absolute Gasteiger partial charge is 0.337 e. The van der Waals surface area contributed by atoms with Crippen LogP contribution in [0.5, 0.6) is 0 Å². The zero-order chi connectivity index (χ0) is 18.7. The van der Waals surface area contributed by atoms with Crippen LogP contribution in [-0.4, -0.2) is 32.4 Å². The van der Waals surface area contributed by atoms with Crippen molar-refractivity contribution in [3.8, 4) is 0 Å². The maximum absolute atomic E-state index is 14.5. The van der Waals surface area contributed by atoms with Gasteiger partial charge in [0.25, 0.3) is 0 Å². The molecular weight excluding hydrogens is 331 g/mol. The maximum atomic E-state index is 14.5. The van der Waals surface area contributed by atoms with Crippen molar-refractivity contribution in [2.45, 2.75) is 26.7 Å². The minimum absolute atomic E-state index is 0.223. The lowest BCUT2D eigenvalue weighted by Gasteiger charge is -2.19. The van der Waals surface area contributed by atoms with E-state index in [1.807, 2.05) is 26.0 Å². The quantitative estimate of drug-likeness (QED) is 0.596. The van der Waals surface area contributed by atoms with Crippen LogP contribution in [0, 0.1) is 19.7 Å². The Hall–Kier alpha value is -2.69. The molecule has 0 aromatic heterocycles. The Bertz CT molecular complexity index is 855. The van der Waals surface area contributed by atoms with Crippen molar-refractivity contribution in [2.75, 3.05) is 25.1 Å². The number of ether oxygens (including phenoxy) is 1. The predicted molar refractivity (Wildman–Crippen MR) is 102 cm³/mol. The molecule has 1 aliphatic heterocycles. The van der Waals surface area contributed by atoms with Gasteiger partial charge in [0, 0.05) is 19.3 Å². The number of methoxy groups -OCH3 is 1. The number of esters is 1. The standard InChI is InChI=1S/C21H23FN2O2/c1-14-6-7-16(21(25)26-3)12-19(14)23-13-17-11-18(22)20(10-15(17)2)24-8-4-5-9-24/h6-7,10-13H,4-5,8-9H2,1-3H3.